The molecule has 1 aliphatic rings. The second-order valence-corrected chi connectivity index (χ2v) is 8.48. The van der Waals surface area contributed by atoms with Gasteiger partial charge in [0.1, 0.15) is 0 Å². The molecule has 0 aromatic heterocycles. The van der Waals surface area contributed by atoms with Crippen molar-refractivity contribution < 1.29 is 23.9 Å². The van der Waals surface area contributed by atoms with E-state index in [-0.39, 0.29) is 29.1 Å². The molecule has 0 bridgehead atoms. The Hall–Kier alpha value is -3.74. The van der Waals surface area contributed by atoms with E-state index in [0.717, 1.165) is 10.5 Å². The summed E-state index contributed by atoms with van der Waals surface area (Å²) in [5, 5.41) is 0. The molecule has 0 aliphatic carbocycles. The molecule has 2 aromatic carbocycles. The maximum absolute atomic E-state index is 12.9. The van der Waals surface area contributed by atoms with Crippen LogP contribution in [0.4, 0.5) is 0 Å². The first kappa shape index (κ1) is 22.9. The molecule has 7 heteroatoms. The molecule has 0 unspecified atom stereocenters. The summed E-state index contributed by atoms with van der Waals surface area (Å²) in [6, 6.07) is 13.7. The minimum atomic E-state index is -0.739. The molecule has 2 aromatic rings. The first-order valence-electron chi connectivity index (χ1n) is 10.3. The van der Waals surface area contributed by atoms with Crippen molar-refractivity contribution in [2.45, 2.75) is 32.9 Å². The van der Waals surface area contributed by atoms with E-state index >= 15 is 0 Å². The molecular formula is C25H26N2O5. The van der Waals surface area contributed by atoms with Gasteiger partial charge < -0.3 is 9.64 Å². The van der Waals surface area contributed by atoms with Crippen LogP contribution in [0.15, 0.2) is 61.2 Å². The summed E-state index contributed by atoms with van der Waals surface area (Å²) in [4.78, 5) is 52.9. The van der Waals surface area contributed by atoms with E-state index in [0.29, 0.717) is 6.54 Å². The highest BCUT2D eigenvalue weighted by molar-refractivity contribution is 6.22. The highest BCUT2D eigenvalue weighted by Crippen LogP contribution is 2.24. The average molecular weight is 434 g/mol. The number of nitrogens with zero attached hydrogens (tertiary/aromatic N) is 2. The molecule has 0 fully saturated rings. The second-order valence-electron chi connectivity index (χ2n) is 8.48. The molecule has 0 spiro atoms. The summed E-state index contributed by atoms with van der Waals surface area (Å²) in [6.45, 7) is 9.31. The van der Waals surface area contributed by atoms with Crippen molar-refractivity contribution >= 4 is 23.7 Å². The molecule has 166 valence electrons. The zero-order valence-corrected chi connectivity index (χ0v) is 18.5. The Balaban J connectivity index is 1.70. The lowest BCUT2D eigenvalue weighted by Gasteiger charge is -2.35. The fourth-order valence-electron chi connectivity index (χ4n) is 3.47. The van der Waals surface area contributed by atoms with E-state index in [4.69, 9.17) is 4.74 Å². The predicted octanol–water partition coefficient (Wildman–Crippen LogP) is 3.45. The lowest BCUT2D eigenvalue weighted by molar-refractivity contribution is -0.140. The number of esters is 1. The van der Waals surface area contributed by atoms with Gasteiger partial charge in [-0.1, -0.05) is 36.4 Å². The number of amides is 3. The number of ether oxygens (including phenoxy) is 1. The van der Waals surface area contributed by atoms with Gasteiger partial charge in [0, 0.05) is 18.6 Å². The largest absolute Gasteiger partial charge is 0.452 e. The maximum atomic E-state index is 12.9. The van der Waals surface area contributed by atoms with Gasteiger partial charge in [-0.25, -0.2) is 4.79 Å². The molecule has 7 nitrogen and oxygen atoms in total. The van der Waals surface area contributed by atoms with Crippen molar-refractivity contribution in [3.05, 3.63) is 83.4 Å². The minimum absolute atomic E-state index is 0.0880. The molecule has 0 saturated heterocycles. The summed E-state index contributed by atoms with van der Waals surface area (Å²) < 4.78 is 5.24. The van der Waals surface area contributed by atoms with Gasteiger partial charge in [-0.15, -0.1) is 6.58 Å². The van der Waals surface area contributed by atoms with Crippen molar-refractivity contribution in [3.8, 4) is 0 Å². The third kappa shape index (κ3) is 4.77. The Kier molecular flexibility index (Phi) is 6.58. The van der Waals surface area contributed by atoms with Gasteiger partial charge in [0.15, 0.2) is 6.61 Å². The van der Waals surface area contributed by atoms with Crippen LogP contribution in [-0.2, 0) is 16.1 Å². The number of rotatable bonds is 7. The van der Waals surface area contributed by atoms with Gasteiger partial charge in [-0.05, 0) is 44.5 Å². The number of imide groups is 1. The molecule has 0 radical (unpaired) electrons. The third-order valence-corrected chi connectivity index (χ3v) is 5.14. The van der Waals surface area contributed by atoms with E-state index < -0.39 is 29.9 Å². The number of fused-ring (bicyclic) bond motifs is 1. The normalized spacial score (nSPS) is 13.0. The Morgan fingerprint density at radius 2 is 1.69 bits per heavy atom. The molecule has 1 aliphatic heterocycles. The first-order chi connectivity index (χ1) is 15.1. The molecule has 3 rings (SSSR count). The van der Waals surface area contributed by atoms with Gasteiger partial charge in [-0.2, -0.15) is 0 Å². The van der Waals surface area contributed by atoms with Crippen molar-refractivity contribution in [1.82, 2.24) is 9.80 Å². The highest BCUT2D eigenvalue weighted by atomic mass is 16.5. The molecule has 0 N–H and O–H groups in total. The topological polar surface area (TPSA) is 84.0 Å². The quantitative estimate of drug-likeness (QED) is 0.379. The van der Waals surface area contributed by atoms with Crippen LogP contribution in [0.2, 0.25) is 0 Å². The van der Waals surface area contributed by atoms with Crippen molar-refractivity contribution in [1.29, 1.82) is 0 Å². The number of hydrogen-bond acceptors (Lipinski definition) is 5. The van der Waals surface area contributed by atoms with Crippen molar-refractivity contribution in [2.24, 2.45) is 0 Å². The summed E-state index contributed by atoms with van der Waals surface area (Å²) >= 11 is 0. The monoisotopic (exact) mass is 434 g/mol. The lowest BCUT2D eigenvalue weighted by Crippen LogP contribution is -2.46. The van der Waals surface area contributed by atoms with E-state index in [1.54, 1.807) is 4.90 Å². The molecule has 1 heterocycles. The summed E-state index contributed by atoms with van der Waals surface area (Å²) in [7, 11) is 0. The molecular weight excluding hydrogens is 408 g/mol. The van der Waals surface area contributed by atoms with E-state index in [9.17, 15) is 19.2 Å². The number of carbonyl (C=O) groups excluding carboxylic acids is 4. The Morgan fingerprint density at radius 3 is 2.31 bits per heavy atom. The van der Waals surface area contributed by atoms with E-state index in [1.807, 2.05) is 51.1 Å². The number of benzene rings is 2. The second kappa shape index (κ2) is 9.18. The fraction of sp³-hybridized carbons (Fsp3) is 0.280. The Bertz CT molecular complexity index is 1070. The Morgan fingerprint density at radius 1 is 1.03 bits per heavy atom. The molecule has 3 amide bonds. The highest BCUT2D eigenvalue weighted by Gasteiger charge is 2.35. The van der Waals surface area contributed by atoms with Crippen LogP contribution in [0.3, 0.4) is 0 Å². The summed E-state index contributed by atoms with van der Waals surface area (Å²) in [6.07, 6.45) is 1.46. The summed E-state index contributed by atoms with van der Waals surface area (Å²) in [5.41, 5.74) is 0.953. The van der Waals surface area contributed by atoms with Gasteiger partial charge in [0.05, 0.1) is 16.7 Å². The lowest BCUT2D eigenvalue weighted by atomic mass is 10.0. The molecule has 0 saturated carbocycles. The summed E-state index contributed by atoms with van der Waals surface area (Å²) in [5.74, 6) is -1.99. The average Bonchev–Trinajstić information content (AvgIpc) is 3.00. The smallest absolute Gasteiger partial charge is 0.338 e. The van der Waals surface area contributed by atoms with Gasteiger partial charge in [-0.3, -0.25) is 19.3 Å². The van der Waals surface area contributed by atoms with Crippen LogP contribution in [-0.4, -0.2) is 52.2 Å². The van der Waals surface area contributed by atoms with Crippen LogP contribution < -0.4 is 0 Å². The van der Waals surface area contributed by atoms with Crippen LogP contribution >= 0.6 is 0 Å². The van der Waals surface area contributed by atoms with Crippen LogP contribution in [0.1, 0.15) is 57.4 Å². The Labute approximate surface area is 187 Å². The van der Waals surface area contributed by atoms with Crippen LogP contribution in [0.5, 0.6) is 0 Å². The van der Waals surface area contributed by atoms with Gasteiger partial charge in [0.2, 0.25) is 0 Å². The van der Waals surface area contributed by atoms with E-state index in [1.165, 1.54) is 24.3 Å². The van der Waals surface area contributed by atoms with Gasteiger partial charge in [0.25, 0.3) is 17.7 Å². The molecule has 0 atom stereocenters. The number of hydrogen-bond donors (Lipinski definition) is 0. The van der Waals surface area contributed by atoms with Gasteiger partial charge >= 0.3 is 5.97 Å². The fourth-order valence-corrected chi connectivity index (χ4v) is 3.47. The third-order valence-electron chi connectivity index (χ3n) is 5.14. The SMILES string of the molecule is C=CCN1C(=O)c2ccc(C(=O)OCC(=O)N(Cc3ccccc3)C(C)(C)C)cc2C1=O. The van der Waals surface area contributed by atoms with E-state index in [2.05, 4.69) is 6.58 Å². The standard InChI is InChI=1S/C25H26N2O5/c1-5-13-26-22(29)19-12-11-18(14-20(19)23(26)30)24(31)32-16-21(28)27(25(2,3)4)15-17-9-7-6-8-10-17/h5-12,14H,1,13,15-16H2,2-4H3. The van der Waals surface area contributed by atoms with Crippen molar-refractivity contribution in [3.63, 3.8) is 0 Å². The molecule has 32 heavy (non-hydrogen) atoms. The maximum Gasteiger partial charge on any atom is 0.338 e. The number of carbonyl (C=O) groups is 4. The minimum Gasteiger partial charge on any atom is -0.452 e. The van der Waals surface area contributed by atoms with Crippen molar-refractivity contribution in [2.75, 3.05) is 13.2 Å². The zero-order chi connectivity index (χ0) is 23.5. The predicted molar refractivity (Wildman–Crippen MR) is 119 cm³/mol. The van der Waals surface area contributed by atoms with Crippen LogP contribution in [0.25, 0.3) is 0 Å². The zero-order valence-electron chi connectivity index (χ0n) is 18.5. The first-order valence-corrected chi connectivity index (χ1v) is 10.3. The van der Waals surface area contributed by atoms with Crippen LogP contribution in [0, 0.1) is 0 Å².